The molecule has 0 nitrogen and oxygen atoms in total. The van der Waals surface area contributed by atoms with Crippen molar-refractivity contribution in [2.75, 3.05) is 0 Å². The van der Waals surface area contributed by atoms with Gasteiger partial charge >= 0.3 is 0 Å². The molecule has 0 aliphatic heterocycles. The summed E-state index contributed by atoms with van der Waals surface area (Å²) in [5.41, 5.74) is 0. The molecule has 0 atom stereocenters. The van der Waals surface area contributed by atoms with Crippen molar-refractivity contribution in [2.24, 2.45) is 0 Å². The van der Waals surface area contributed by atoms with E-state index in [4.69, 9.17) is 0 Å². The molecule has 0 fully saturated rings. The van der Waals surface area contributed by atoms with Crippen molar-refractivity contribution in [1.29, 1.82) is 0 Å². The van der Waals surface area contributed by atoms with E-state index in [1.807, 2.05) is 0 Å². The Morgan fingerprint density at radius 2 is 0.857 bits per heavy atom. The number of rotatable bonds is 0. The van der Waals surface area contributed by atoms with Crippen molar-refractivity contribution in [3.05, 3.63) is 24.3 Å². The van der Waals surface area contributed by atoms with Crippen LogP contribution in [0.5, 0.6) is 0 Å². The van der Waals surface area contributed by atoms with Crippen molar-refractivity contribution in [1.82, 2.24) is 0 Å². The predicted octanol–water partition coefficient (Wildman–Crippen LogP) is 5.01. The minimum Gasteiger partial charge on any atom is -0.0882 e. The Balaban J connectivity index is 2.17. The van der Waals surface area contributed by atoms with E-state index in [0.717, 1.165) is 6.42 Å². The average molecular weight is 192 g/mol. The van der Waals surface area contributed by atoms with E-state index < -0.39 is 0 Å². The summed E-state index contributed by atoms with van der Waals surface area (Å²) in [4.78, 5) is 0. The molecule has 0 saturated carbocycles. The van der Waals surface area contributed by atoms with Crippen LogP contribution in [0, 0.1) is 0 Å². The Labute approximate surface area is 89.1 Å². The highest BCUT2D eigenvalue weighted by Crippen LogP contribution is 2.11. The molecular weight excluding hydrogens is 168 g/mol. The summed E-state index contributed by atoms with van der Waals surface area (Å²) < 4.78 is 0. The average Bonchev–Trinajstić information content (AvgIpc) is 2.22. The first-order valence-electron chi connectivity index (χ1n) is 6.30. The van der Waals surface area contributed by atoms with Gasteiger partial charge in [-0.2, -0.15) is 0 Å². The van der Waals surface area contributed by atoms with Gasteiger partial charge in [-0.05, 0) is 32.1 Å². The lowest BCUT2D eigenvalue weighted by Crippen LogP contribution is -1.81. The Morgan fingerprint density at radius 1 is 0.429 bits per heavy atom. The minimum absolute atomic E-state index is 1.14. The quantitative estimate of drug-likeness (QED) is 0.473. The van der Waals surface area contributed by atoms with Crippen LogP contribution in [0.4, 0.5) is 0 Å². The van der Waals surface area contributed by atoms with Crippen molar-refractivity contribution >= 4 is 0 Å². The molecular formula is C14H24. The zero-order valence-electron chi connectivity index (χ0n) is 9.38. The molecule has 1 aliphatic carbocycles. The molecule has 1 rings (SSSR count). The molecule has 14 heavy (non-hydrogen) atoms. The van der Waals surface area contributed by atoms with E-state index in [1.54, 1.807) is 0 Å². The lowest BCUT2D eigenvalue weighted by atomic mass is 10.1. The fourth-order valence-corrected chi connectivity index (χ4v) is 1.91. The van der Waals surface area contributed by atoms with Crippen LogP contribution in [0.2, 0.25) is 0 Å². The Morgan fingerprint density at radius 3 is 1.36 bits per heavy atom. The second-order valence-electron chi connectivity index (χ2n) is 4.23. The first-order valence-corrected chi connectivity index (χ1v) is 6.30. The third kappa shape index (κ3) is 6.94. The zero-order valence-corrected chi connectivity index (χ0v) is 9.38. The highest BCUT2D eigenvalue weighted by molar-refractivity contribution is 4.92. The van der Waals surface area contributed by atoms with Crippen LogP contribution in [0.1, 0.15) is 64.2 Å². The van der Waals surface area contributed by atoms with Crippen LogP contribution in [-0.2, 0) is 0 Å². The molecule has 0 bridgehead atoms. The van der Waals surface area contributed by atoms with Gasteiger partial charge in [0.1, 0.15) is 0 Å². The summed E-state index contributed by atoms with van der Waals surface area (Å²) in [7, 11) is 0. The van der Waals surface area contributed by atoms with Gasteiger partial charge in [-0.15, -0.1) is 0 Å². The predicted molar refractivity (Wildman–Crippen MR) is 64.5 cm³/mol. The first kappa shape index (κ1) is 11.6. The van der Waals surface area contributed by atoms with Crippen LogP contribution in [0.25, 0.3) is 0 Å². The molecule has 0 unspecified atom stereocenters. The topological polar surface area (TPSA) is 0 Å². The van der Waals surface area contributed by atoms with Crippen LogP contribution in [0.3, 0.4) is 0 Å². The summed E-state index contributed by atoms with van der Waals surface area (Å²) in [5, 5.41) is 0. The maximum absolute atomic E-state index is 2.34. The number of hydrogen-bond donors (Lipinski definition) is 0. The smallest absolute Gasteiger partial charge is 0.0169 e. The van der Waals surface area contributed by atoms with Crippen molar-refractivity contribution in [3.8, 4) is 0 Å². The van der Waals surface area contributed by atoms with Crippen molar-refractivity contribution in [2.45, 2.75) is 64.2 Å². The summed E-state index contributed by atoms with van der Waals surface area (Å²) in [5.74, 6) is 0. The van der Waals surface area contributed by atoms with Crippen molar-refractivity contribution in [3.63, 3.8) is 0 Å². The van der Waals surface area contributed by atoms with Crippen LogP contribution >= 0.6 is 0 Å². The van der Waals surface area contributed by atoms with E-state index in [-0.39, 0.29) is 0 Å². The van der Waals surface area contributed by atoms with Gasteiger partial charge in [0.25, 0.3) is 0 Å². The van der Waals surface area contributed by atoms with Gasteiger partial charge < -0.3 is 0 Å². The summed E-state index contributed by atoms with van der Waals surface area (Å²) in [6.07, 6.45) is 23.0. The maximum atomic E-state index is 2.34. The Hall–Kier alpha value is -0.520. The first-order chi connectivity index (χ1) is 7.00. The molecule has 0 spiro atoms. The summed E-state index contributed by atoms with van der Waals surface area (Å²) >= 11 is 0. The molecule has 0 N–H and O–H groups in total. The third-order valence-electron chi connectivity index (χ3n) is 2.85. The molecule has 0 heteroatoms. The van der Waals surface area contributed by atoms with Gasteiger partial charge in [0.15, 0.2) is 0 Å². The second kappa shape index (κ2) is 9.05. The largest absolute Gasteiger partial charge is 0.0882 e. The van der Waals surface area contributed by atoms with E-state index in [1.165, 1.54) is 57.8 Å². The normalized spacial score (nSPS) is 26.3. The summed E-state index contributed by atoms with van der Waals surface area (Å²) in [6.45, 7) is 0. The van der Waals surface area contributed by atoms with Gasteiger partial charge in [-0.3, -0.25) is 0 Å². The van der Waals surface area contributed by atoms with E-state index >= 15 is 0 Å². The van der Waals surface area contributed by atoms with Crippen LogP contribution in [0.15, 0.2) is 24.3 Å². The number of allylic oxidation sites excluding steroid dienone is 4. The van der Waals surface area contributed by atoms with Crippen LogP contribution < -0.4 is 0 Å². The molecule has 0 radical (unpaired) electrons. The van der Waals surface area contributed by atoms with Crippen LogP contribution in [-0.4, -0.2) is 0 Å². The highest BCUT2D eigenvalue weighted by Gasteiger charge is 1.91. The van der Waals surface area contributed by atoms with E-state index in [2.05, 4.69) is 24.3 Å². The van der Waals surface area contributed by atoms with Crippen molar-refractivity contribution < 1.29 is 0 Å². The number of hydrogen-bond acceptors (Lipinski definition) is 0. The monoisotopic (exact) mass is 192 g/mol. The Bertz CT molecular complexity index is 147. The highest BCUT2D eigenvalue weighted by atomic mass is 14.0. The molecule has 0 heterocycles. The summed E-state index contributed by atoms with van der Waals surface area (Å²) in [6, 6.07) is 0. The van der Waals surface area contributed by atoms with Gasteiger partial charge in [-0.1, -0.05) is 56.4 Å². The second-order valence-corrected chi connectivity index (χ2v) is 4.23. The third-order valence-corrected chi connectivity index (χ3v) is 2.85. The van der Waals surface area contributed by atoms with Gasteiger partial charge in [-0.25, -0.2) is 0 Å². The fourth-order valence-electron chi connectivity index (χ4n) is 1.91. The molecule has 0 aromatic rings. The maximum Gasteiger partial charge on any atom is -0.0169 e. The molecule has 0 aromatic heterocycles. The molecule has 0 aromatic carbocycles. The molecule has 0 saturated heterocycles. The standard InChI is InChI=1S/C14H24/c1-2-4-6-8-10-12-14-13-11-9-7-5-3-1/h1-2,5,7H,3-4,6,8-14H2/b2-1+,7-5+. The molecule has 1 aliphatic rings. The van der Waals surface area contributed by atoms with E-state index in [0.29, 0.717) is 0 Å². The zero-order chi connectivity index (χ0) is 9.90. The van der Waals surface area contributed by atoms with Gasteiger partial charge in [0.2, 0.25) is 0 Å². The minimum atomic E-state index is 1.14. The van der Waals surface area contributed by atoms with Gasteiger partial charge in [0.05, 0.1) is 0 Å². The van der Waals surface area contributed by atoms with E-state index in [9.17, 15) is 0 Å². The molecule has 80 valence electrons. The lowest BCUT2D eigenvalue weighted by Gasteiger charge is -2.00. The lowest BCUT2D eigenvalue weighted by molar-refractivity contribution is 0.583. The Kier molecular flexibility index (Phi) is 7.47. The SMILES string of the molecule is C1=C/CCCCCCCCC/C=C/C/1. The van der Waals surface area contributed by atoms with Gasteiger partial charge in [0, 0.05) is 0 Å². The fraction of sp³-hybridized carbons (Fsp3) is 0.714. The molecule has 0 amide bonds.